The average Bonchev–Trinajstić information content (AvgIpc) is 3.32. The molecular formula is C20H28N4O2. The number of amides is 1. The van der Waals surface area contributed by atoms with Gasteiger partial charge in [-0.3, -0.25) is 4.79 Å². The summed E-state index contributed by atoms with van der Waals surface area (Å²) in [5.41, 5.74) is 2.30. The number of carbonyl (C=O) groups excluding carboxylic acids is 1. The lowest BCUT2D eigenvalue weighted by Gasteiger charge is -2.23. The molecule has 1 fully saturated rings. The van der Waals surface area contributed by atoms with Gasteiger partial charge in [-0.1, -0.05) is 19.1 Å². The van der Waals surface area contributed by atoms with Crippen molar-refractivity contribution in [3.63, 3.8) is 0 Å². The van der Waals surface area contributed by atoms with Gasteiger partial charge in [0, 0.05) is 44.1 Å². The Morgan fingerprint density at radius 1 is 1.27 bits per heavy atom. The third kappa shape index (κ3) is 3.61. The van der Waals surface area contributed by atoms with E-state index in [1.165, 1.54) is 5.56 Å². The highest BCUT2D eigenvalue weighted by atomic mass is 16.5. The monoisotopic (exact) mass is 356 g/mol. The van der Waals surface area contributed by atoms with Crippen molar-refractivity contribution in [1.29, 1.82) is 0 Å². The van der Waals surface area contributed by atoms with Crippen LogP contribution in [0.5, 0.6) is 0 Å². The van der Waals surface area contributed by atoms with Gasteiger partial charge in [-0.25, -0.2) is 9.97 Å². The van der Waals surface area contributed by atoms with Gasteiger partial charge < -0.3 is 15.0 Å². The molecule has 3 heterocycles. The van der Waals surface area contributed by atoms with Crippen LogP contribution in [0.1, 0.15) is 49.7 Å². The lowest BCUT2D eigenvalue weighted by molar-refractivity contribution is -0.140. The Morgan fingerprint density at radius 2 is 2.08 bits per heavy atom. The normalized spacial score (nSPS) is 23.1. The van der Waals surface area contributed by atoms with Crippen molar-refractivity contribution in [1.82, 2.24) is 14.9 Å². The largest absolute Gasteiger partial charge is 0.368 e. The molecule has 1 amide bonds. The zero-order valence-corrected chi connectivity index (χ0v) is 15.5. The second kappa shape index (κ2) is 7.74. The van der Waals surface area contributed by atoms with Crippen LogP contribution in [0.3, 0.4) is 0 Å². The molecule has 6 heteroatoms. The first-order chi connectivity index (χ1) is 12.7. The number of anilines is 1. The van der Waals surface area contributed by atoms with Crippen molar-refractivity contribution in [3.8, 4) is 0 Å². The third-order valence-corrected chi connectivity index (χ3v) is 5.57. The Balaban J connectivity index is 1.53. The van der Waals surface area contributed by atoms with Crippen LogP contribution < -0.4 is 5.32 Å². The summed E-state index contributed by atoms with van der Waals surface area (Å²) in [5, 5.41) is 3.63. The Bertz CT molecular complexity index is 689. The van der Waals surface area contributed by atoms with Crippen LogP contribution in [0.2, 0.25) is 0 Å². The molecule has 2 aliphatic heterocycles. The molecule has 1 atom stereocenters. The van der Waals surface area contributed by atoms with Crippen LogP contribution in [-0.2, 0) is 28.8 Å². The Morgan fingerprint density at radius 3 is 2.81 bits per heavy atom. The van der Waals surface area contributed by atoms with E-state index in [-0.39, 0.29) is 12.0 Å². The van der Waals surface area contributed by atoms with E-state index in [0.717, 1.165) is 75.4 Å². The minimum Gasteiger partial charge on any atom is -0.368 e. The van der Waals surface area contributed by atoms with Crippen molar-refractivity contribution in [2.75, 3.05) is 25.0 Å². The van der Waals surface area contributed by atoms with Crippen LogP contribution in [-0.4, -0.2) is 52.6 Å². The van der Waals surface area contributed by atoms with Gasteiger partial charge in [0.1, 0.15) is 17.7 Å². The fourth-order valence-electron chi connectivity index (χ4n) is 4.05. The number of nitrogens with one attached hydrogen (secondary N) is 1. The first-order valence-corrected chi connectivity index (χ1v) is 9.95. The number of nitrogens with zero attached hydrogens (tertiary/aromatic N) is 3. The predicted molar refractivity (Wildman–Crippen MR) is 100 cm³/mol. The molecule has 1 N–H and O–H groups in total. The summed E-state index contributed by atoms with van der Waals surface area (Å²) in [6.45, 7) is 4.24. The lowest BCUT2D eigenvalue weighted by atomic mass is 10.1. The maximum absolute atomic E-state index is 12.7. The van der Waals surface area contributed by atoms with Crippen LogP contribution >= 0.6 is 0 Å². The Hall–Kier alpha value is -1.95. The molecule has 0 radical (unpaired) electrons. The van der Waals surface area contributed by atoms with Gasteiger partial charge >= 0.3 is 0 Å². The summed E-state index contributed by atoms with van der Waals surface area (Å²) in [6.07, 6.45) is 10.6. The van der Waals surface area contributed by atoms with E-state index in [2.05, 4.69) is 24.4 Å². The molecule has 1 aromatic rings. The van der Waals surface area contributed by atoms with E-state index in [1.54, 1.807) is 0 Å². The van der Waals surface area contributed by atoms with Gasteiger partial charge in [-0.2, -0.15) is 0 Å². The quantitative estimate of drug-likeness (QED) is 0.839. The van der Waals surface area contributed by atoms with Crippen LogP contribution in [0.4, 0.5) is 5.82 Å². The molecule has 0 saturated carbocycles. The van der Waals surface area contributed by atoms with Crippen LogP contribution in [0, 0.1) is 0 Å². The zero-order chi connectivity index (χ0) is 17.9. The third-order valence-electron chi connectivity index (χ3n) is 5.57. The SMILES string of the molecule is CCc1nc2c(c(NC3CC=CC3)n1)CCN(C(=O)C1CCCO1)CC2. The smallest absolute Gasteiger partial charge is 0.251 e. The number of aromatic nitrogens is 2. The van der Waals surface area contributed by atoms with Crippen LogP contribution in [0.25, 0.3) is 0 Å². The number of rotatable bonds is 4. The fraction of sp³-hybridized carbons (Fsp3) is 0.650. The molecule has 0 bridgehead atoms. The minimum absolute atomic E-state index is 0.147. The molecule has 1 unspecified atom stereocenters. The highest BCUT2D eigenvalue weighted by molar-refractivity contribution is 5.81. The fourth-order valence-corrected chi connectivity index (χ4v) is 4.05. The number of hydrogen-bond acceptors (Lipinski definition) is 5. The highest BCUT2D eigenvalue weighted by Gasteiger charge is 2.30. The highest BCUT2D eigenvalue weighted by Crippen LogP contribution is 2.26. The average molecular weight is 356 g/mol. The zero-order valence-electron chi connectivity index (χ0n) is 15.5. The summed E-state index contributed by atoms with van der Waals surface area (Å²) < 4.78 is 5.60. The molecule has 4 rings (SSSR count). The molecular weight excluding hydrogens is 328 g/mol. The van der Waals surface area contributed by atoms with Crippen molar-refractivity contribution in [3.05, 3.63) is 29.2 Å². The summed E-state index contributed by atoms with van der Waals surface area (Å²) in [6, 6.07) is 0.423. The molecule has 1 aromatic heterocycles. The molecule has 26 heavy (non-hydrogen) atoms. The number of ether oxygens (including phenoxy) is 1. The summed E-state index contributed by atoms with van der Waals surface area (Å²) >= 11 is 0. The van der Waals surface area contributed by atoms with Crippen molar-refractivity contribution in [2.24, 2.45) is 0 Å². The van der Waals surface area contributed by atoms with E-state index in [4.69, 9.17) is 14.7 Å². The molecule has 140 valence electrons. The topological polar surface area (TPSA) is 67.4 Å². The maximum Gasteiger partial charge on any atom is 0.251 e. The number of carbonyl (C=O) groups is 1. The minimum atomic E-state index is -0.240. The van der Waals surface area contributed by atoms with Crippen LogP contribution in [0.15, 0.2) is 12.2 Å². The molecule has 0 aromatic carbocycles. The molecule has 6 nitrogen and oxygen atoms in total. The predicted octanol–water partition coefficient (Wildman–Crippen LogP) is 2.28. The summed E-state index contributed by atoms with van der Waals surface area (Å²) in [7, 11) is 0. The number of aryl methyl sites for hydroxylation is 1. The maximum atomic E-state index is 12.7. The van der Waals surface area contributed by atoms with Gasteiger partial charge in [0.15, 0.2) is 0 Å². The van der Waals surface area contributed by atoms with Gasteiger partial charge in [-0.05, 0) is 32.1 Å². The van der Waals surface area contributed by atoms with E-state index in [1.807, 2.05) is 4.90 Å². The second-order valence-corrected chi connectivity index (χ2v) is 7.38. The van der Waals surface area contributed by atoms with Gasteiger partial charge in [0.05, 0.1) is 5.69 Å². The lowest BCUT2D eigenvalue weighted by Crippen LogP contribution is -2.40. The molecule has 1 aliphatic carbocycles. The molecule has 0 spiro atoms. The van der Waals surface area contributed by atoms with Crippen molar-refractivity contribution in [2.45, 2.75) is 64.0 Å². The van der Waals surface area contributed by atoms with E-state index in [9.17, 15) is 4.79 Å². The van der Waals surface area contributed by atoms with Crippen molar-refractivity contribution >= 4 is 11.7 Å². The molecule has 3 aliphatic rings. The first kappa shape index (κ1) is 17.5. The van der Waals surface area contributed by atoms with E-state index >= 15 is 0 Å². The van der Waals surface area contributed by atoms with Crippen molar-refractivity contribution < 1.29 is 9.53 Å². The summed E-state index contributed by atoms with van der Waals surface area (Å²) in [5.74, 6) is 2.01. The second-order valence-electron chi connectivity index (χ2n) is 7.38. The molecule has 1 saturated heterocycles. The summed E-state index contributed by atoms with van der Waals surface area (Å²) in [4.78, 5) is 24.3. The van der Waals surface area contributed by atoms with E-state index in [0.29, 0.717) is 12.6 Å². The van der Waals surface area contributed by atoms with Gasteiger partial charge in [0.25, 0.3) is 5.91 Å². The Labute approximate surface area is 155 Å². The standard InChI is InChI=1S/C20H28N4O2/c1-2-18-22-16-10-12-24(20(25)17-8-5-13-26-17)11-9-15(16)19(23-18)21-14-6-3-4-7-14/h3-4,14,17H,2,5-13H2,1H3,(H,21,22,23). The number of hydrogen-bond donors (Lipinski definition) is 1. The number of fused-ring (bicyclic) bond motifs is 1. The van der Waals surface area contributed by atoms with E-state index < -0.39 is 0 Å². The first-order valence-electron chi connectivity index (χ1n) is 9.95. The van der Waals surface area contributed by atoms with Gasteiger partial charge in [-0.15, -0.1) is 0 Å². The Kier molecular flexibility index (Phi) is 5.20. The van der Waals surface area contributed by atoms with Gasteiger partial charge in [0.2, 0.25) is 0 Å².